The largest absolute Gasteiger partial charge is 0.399 e. The fourth-order valence-electron chi connectivity index (χ4n) is 0.852. The standard InChI is InChI=1S/C6H8N2.C4H3NO2/c7-5-1-2-6(8)4-3-5;6-3-1-2-4(7)5-3/h1-4H,7-8H2;1-2H,(H,5,6,7). The normalized spacial score (nSPS) is 13.1. The van der Waals surface area contributed by atoms with E-state index in [1.807, 2.05) is 5.32 Å². The zero-order valence-corrected chi connectivity index (χ0v) is 7.94. The molecule has 2 amide bonds. The van der Waals surface area contributed by atoms with Gasteiger partial charge in [0.25, 0.3) is 11.8 Å². The first-order valence-electron chi connectivity index (χ1n) is 4.22. The molecule has 0 radical (unpaired) electrons. The minimum Gasteiger partial charge on any atom is -0.399 e. The summed E-state index contributed by atoms with van der Waals surface area (Å²) in [5.41, 5.74) is 12.2. The first kappa shape index (κ1) is 10.8. The van der Waals surface area contributed by atoms with E-state index in [0.717, 1.165) is 11.4 Å². The molecule has 1 aromatic rings. The third kappa shape index (κ3) is 3.95. The lowest BCUT2D eigenvalue weighted by Crippen LogP contribution is -2.19. The van der Waals surface area contributed by atoms with Gasteiger partial charge in [0.15, 0.2) is 0 Å². The maximum Gasteiger partial charge on any atom is 0.250 e. The maximum absolute atomic E-state index is 10.0. The summed E-state index contributed by atoms with van der Waals surface area (Å²) in [4.78, 5) is 20.1. The molecule has 1 aliphatic rings. The lowest BCUT2D eigenvalue weighted by molar-refractivity contribution is -0.123. The molecule has 78 valence electrons. The number of nitrogen functional groups attached to an aromatic ring is 2. The first-order chi connectivity index (χ1) is 7.08. The topological polar surface area (TPSA) is 98.2 Å². The van der Waals surface area contributed by atoms with Crippen LogP contribution in [-0.4, -0.2) is 11.8 Å². The molecule has 0 bridgehead atoms. The van der Waals surface area contributed by atoms with Crippen molar-refractivity contribution in [3.8, 4) is 0 Å². The van der Waals surface area contributed by atoms with Crippen LogP contribution in [0, 0.1) is 0 Å². The predicted octanol–water partition coefficient (Wildman–Crippen LogP) is 0.0500. The SMILES string of the molecule is Nc1ccc(N)cc1.O=C1C=CC(=O)N1. The second-order valence-corrected chi connectivity index (χ2v) is 2.85. The van der Waals surface area contributed by atoms with Crippen LogP contribution >= 0.6 is 0 Å². The Morgan fingerprint density at radius 3 is 1.33 bits per heavy atom. The average molecular weight is 205 g/mol. The number of benzene rings is 1. The molecule has 5 heteroatoms. The third-order valence-corrected chi connectivity index (χ3v) is 1.57. The Kier molecular flexibility index (Phi) is 3.45. The summed E-state index contributed by atoms with van der Waals surface area (Å²) >= 11 is 0. The van der Waals surface area contributed by atoms with Crippen LogP contribution in [-0.2, 0) is 9.59 Å². The molecule has 0 fully saturated rings. The molecule has 1 heterocycles. The zero-order valence-electron chi connectivity index (χ0n) is 7.94. The molecule has 1 aromatic carbocycles. The fraction of sp³-hybridized carbons (Fsp3) is 0. The maximum atomic E-state index is 10.0. The van der Waals surface area contributed by atoms with Crippen molar-refractivity contribution in [2.75, 3.05) is 11.5 Å². The number of hydrogen-bond donors (Lipinski definition) is 3. The summed E-state index contributed by atoms with van der Waals surface area (Å²) in [7, 11) is 0. The van der Waals surface area contributed by atoms with Gasteiger partial charge in [-0.3, -0.25) is 14.9 Å². The Balaban J connectivity index is 0.000000151. The number of carbonyl (C=O) groups excluding carboxylic acids is 2. The molecule has 0 unspecified atom stereocenters. The van der Waals surface area contributed by atoms with Crippen LogP contribution < -0.4 is 16.8 Å². The predicted molar refractivity (Wildman–Crippen MR) is 57.6 cm³/mol. The summed E-state index contributed by atoms with van der Waals surface area (Å²) in [5.74, 6) is -0.657. The van der Waals surface area contributed by atoms with Gasteiger partial charge in [-0.1, -0.05) is 0 Å². The van der Waals surface area contributed by atoms with Crippen LogP contribution in [0.5, 0.6) is 0 Å². The van der Waals surface area contributed by atoms with Crippen LogP contribution in [0.2, 0.25) is 0 Å². The van der Waals surface area contributed by atoms with Crippen molar-refractivity contribution in [2.24, 2.45) is 0 Å². The van der Waals surface area contributed by atoms with Crippen LogP contribution in [0.15, 0.2) is 36.4 Å². The Morgan fingerprint density at radius 1 is 0.800 bits per heavy atom. The molecule has 0 aromatic heterocycles. The summed E-state index contributed by atoms with van der Waals surface area (Å²) < 4.78 is 0. The fourth-order valence-corrected chi connectivity index (χ4v) is 0.852. The Labute approximate surface area is 86.8 Å². The van der Waals surface area contributed by atoms with E-state index in [1.165, 1.54) is 12.2 Å². The lowest BCUT2D eigenvalue weighted by atomic mass is 10.3. The summed E-state index contributed by atoms with van der Waals surface area (Å²) in [6.07, 6.45) is 2.39. The van der Waals surface area contributed by atoms with Gasteiger partial charge in [0.05, 0.1) is 0 Å². The van der Waals surface area contributed by atoms with Gasteiger partial charge >= 0.3 is 0 Å². The monoisotopic (exact) mass is 205 g/mol. The minimum atomic E-state index is -0.329. The van der Waals surface area contributed by atoms with Crippen LogP contribution in [0.3, 0.4) is 0 Å². The molecule has 0 spiro atoms. The van der Waals surface area contributed by atoms with Crippen molar-refractivity contribution in [1.29, 1.82) is 0 Å². The van der Waals surface area contributed by atoms with Crippen molar-refractivity contribution in [3.63, 3.8) is 0 Å². The van der Waals surface area contributed by atoms with Crippen molar-refractivity contribution < 1.29 is 9.59 Å². The smallest absolute Gasteiger partial charge is 0.250 e. The van der Waals surface area contributed by atoms with E-state index in [9.17, 15) is 9.59 Å². The highest BCUT2D eigenvalue weighted by molar-refractivity contribution is 6.12. The van der Waals surface area contributed by atoms with Gasteiger partial charge in [0, 0.05) is 23.5 Å². The van der Waals surface area contributed by atoms with Crippen molar-refractivity contribution in [2.45, 2.75) is 0 Å². The number of amides is 2. The molecular formula is C10H11N3O2. The van der Waals surface area contributed by atoms with Crippen molar-refractivity contribution in [1.82, 2.24) is 5.32 Å². The average Bonchev–Trinajstić information content (AvgIpc) is 2.56. The van der Waals surface area contributed by atoms with Gasteiger partial charge in [-0.25, -0.2) is 0 Å². The molecule has 0 saturated heterocycles. The molecule has 5 N–H and O–H groups in total. The summed E-state index contributed by atoms with van der Waals surface area (Å²) in [6, 6.07) is 7.09. The van der Waals surface area contributed by atoms with E-state index in [4.69, 9.17) is 11.5 Å². The number of carbonyl (C=O) groups is 2. The van der Waals surface area contributed by atoms with Crippen molar-refractivity contribution >= 4 is 23.2 Å². The highest BCUT2D eigenvalue weighted by Gasteiger charge is 2.06. The Hall–Kier alpha value is -2.30. The summed E-state index contributed by atoms with van der Waals surface area (Å²) in [5, 5.41) is 2.03. The van der Waals surface area contributed by atoms with E-state index >= 15 is 0 Å². The number of hydrogen-bond acceptors (Lipinski definition) is 4. The molecule has 0 aliphatic carbocycles. The highest BCUT2D eigenvalue weighted by Crippen LogP contribution is 2.04. The van der Waals surface area contributed by atoms with Crippen LogP contribution in [0.4, 0.5) is 11.4 Å². The van der Waals surface area contributed by atoms with Crippen molar-refractivity contribution in [3.05, 3.63) is 36.4 Å². The van der Waals surface area contributed by atoms with Gasteiger partial charge < -0.3 is 11.5 Å². The van der Waals surface area contributed by atoms with Crippen LogP contribution in [0.25, 0.3) is 0 Å². The first-order valence-corrected chi connectivity index (χ1v) is 4.22. The Morgan fingerprint density at radius 2 is 1.13 bits per heavy atom. The molecule has 15 heavy (non-hydrogen) atoms. The second-order valence-electron chi connectivity index (χ2n) is 2.85. The zero-order chi connectivity index (χ0) is 11.3. The molecule has 0 atom stereocenters. The molecular weight excluding hydrogens is 194 g/mol. The molecule has 5 nitrogen and oxygen atoms in total. The van der Waals surface area contributed by atoms with E-state index in [-0.39, 0.29) is 11.8 Å². The van der Waals surface area contributed by atoms with Gasteiger partial charge in [-0.15, -0.1) is 0 Å². The minimum absolute atomic E-state index is 0.329. The number of nitrogens with two attached hydrogens (primary N) is 2. The lowest BCUT2D eigenvalue weighted by Gasteiger charge is -1.90. The molecule has 2 rings (SSSR count). The van der Waals surface area contributed by atoms with Gasteiger partial charge in [-0.05, 0) is 24.3 Å². The summed E-state index contributed by atoms with van der Waals surface area (Å²) in [6.45, 7) is 0. The second kappa shape index (κ2) is 4.80. The van der Waals surface area contributed by atoms with Gasteiger partial charge in [0.2, 0.25) is 0 Å². The van der Waals surface area contributed by atoms with E-state index in [2.05, 4.69) is 0 Å². The highest BCUT2D eigenvalue weighted by atomic mass is 16.2. The quantitative estimate of drug-likeness (QED) is 0.411. The molecule has 0 saturated carbocycles. The van der Waals surface area contributed by atoms with Crippen LogP contribution in [0.1, 0.15) is 0 Å². The van der Waals surface area contributed by atoms with E-state index in [1.54, 1.807) is 24.3 Å². The van der Waals surface area contributed by atoms with E-state index in [0.29, 0.717) is 0 Å². The molecule has 1 aliphatic heterocycles. The Bertz CT molecular complexity index is 359. The third-order valence-electron chi connectivity index (χ3n) is 1.57. The van der Waals surface area contributed by atoms with Gasteiger partial charge in [-0.2, -0.15) is 0 Å². The van der Waals surface area contributed by atoms with Gasteiger partial charge in [0.1, 0.15) is 0 Å². The van der Waals surface area contributed by atoms with E-state index < -0.39 is 0 Å². The number of rotatable bonds is 0. The number of anilines is 2. The number of imide groups is 1. The number of nitrogens with one attached hydrogen (secondary N) is 1.